The third kappa shape index (κ3) is 3.19. The summed E-state index contributed by atoms with van der Waals surface area (Å²) in [6.45, 7) is 3.11. The number of hydrogen-bond donors (Lipinski definition) is 0. The number of hydrogen-bond acceptors (Lipinski definition) is 1. The lowest BCUT2D eigenvalue weighted by Gasteiger charge is -2.35. The van der Waals surface area contributed by atoms with Crippen LogP contribution in [0.2, 0.25) is 0 Å². The molecular weight excluding hydrogens is 260 g/mol. The van der Waals surface area contributed by atoms with Gasteiger partial charge in [0.15, 0.2) is 0 Å². The van der Waals surface area contributed by atoms with Crippen LogP contribution < -0.4 is 0 Å². The molecule has 0 aliphatic rings. The zero-order valence-electron chi connectivity index (χ0n) is 12.5. The highest BCUT2D eigenvalue weighted by molar-refractivity contribution is 5.97. The highest BCUT2D eigenvalue weighted by Crippen LogP contribution is 2.39. The Morgan fingerprint density at radius 3 is 1.75 bits per heavy atom. The van der Waals surface area contributed by atoms with E-state index in [9.17, 15) is 0 Å². The van der Waals surface area contributed by atoms with Gasteiger partial charge in [-0.2, -0.15) is 0 Å². The average Bonchev–Trinajstić information content (AvgIpc) is 2.53. The number of rotatable bonds is 7. The van der Waals surface area contributed by atoms with E-state index in [1.54, 1.807) is 0 Å². The molecule has 0 unspecified atom stereocenters. The van der Waals surface area contributed by atoms with E-state index in [0.717, 1.165) is 29.9 Å². The van der Waals surface area contributed by atoms with Crippen LogP contribution in [0.4, 0.5) is 0 Å². The predicted octanol–water partition coefficient (Wildman–Crippen LogP) is 3.46. The van der Waals surface area contributed by atoms with E-state index >= 15 is 0 Å². The summed E-state index contributed by atoms with van der Waals surface area (Å²) in [5.41, 5.74) is 2.90. The SMILES string of the molecule is CCCC(CCO[SiH3])(c1ccccc1)c1ccccc1. The Morgan fingerprint density at radius 1 is 0.850 bits per heavy atom. The normalized spacial score (nSPS) is 11.7. The molecular formula is C18H24OSi. The summed E-state index contributed by atoms with van der Waals surface area (Å²) in [6, 6.07) is 21.8. The fourth-order valence-electron chi connectivity index (χ4n) is 3.09. The lowest BCUT2D eigenvalue weighted by atomic mass is 9.69. The Balaban J connectivity index is 2.50. The van der Waals surface area contributed by atoms with Crippen molar-refractivity contribution in [2.24, 2.45) is 0 Å². The fraction of sp³-hybridized carbons (Fsp3) is 0.333. The lowest BCUT2D eigenvalue weighted by molar-refractivity contribution is 0.285. The molecule has 0 amide bonds. The summed E-state index contributed by atoms with van der Waals surface area (Å²) in [4.78, 5) is 0. The van der Waals surface area contributed by atoms with E-state index in [1.165, 1.54) is 17.5 Å². The minimum absolute atomic E-state index is 0.0850. The minimum Gasteiger partial charge on any atom is -0.428 e. The molecule has 0 aromatic heterocycles. The summed E-state index contributed by atoms with van der Waals surface area (Å²) < 4.78 is 5.53. The second kappa shape index (κ2) is 7.41. The maximum absolute atomic E-state index is 5.53. The van der Waals surface area contributed by atoms with Crippen LogP contribution in [0.5, 0.6) is 0 Å². The van der Waals surface area contributed by atoms with Crippen molar-refractivity contribution in [2.75, 3.05) is 6.61 Å². The van der Waals surface area contributed by atoms with Gasteiger partial charge in [0.1, 0.15) is 10.5 Å². The molecule has 0 radical (unpaired) electrons. The molecule has 1 nitrogen and oxygen atoms in total. The molecule has 2 rings (SSSR count). The van der Waals surface area contributed by atoms with Gasteiger partial charge in [0.25, 0.3) is 0 Å². The van der Waals surface area contributed by atoms with E-state index in [4.69, 9.17) is 4.43 Å². The van der Waals surface area contributed by atoms with Gasteiger partial charge in [-0.15, -0.1) is 0 Å². The molecule has 0 atom stereocenters. The van der Waals surface area contributed by atoms with Crippen molar-refractivity contribution in [2.45, 2.75) is 31.6 Å². The van der Waals surface area contributed by atoms with Crippen molar-refractivity contribution in [3.63, 3.8) is 0 Å². The molecule has 0 fully saturated rings. The van der Waals surface area contributed by atoms with Gasteiger partial charge in [0, 0.05) is 12.0 Å². The summed E-state index contributed by atoms with van der Waals surface area (Å²) in [5, 5.41) is 0. The van der Waals surface area contributed by atoms with Gasteiger partial charge in [0.05, 0.1) is 0 Å². The van der Waals surface area contributed by atoms with Gasteiger partial charge in [-0.25, -0.2) is 0 Å². The molecule has 0 bridgehead atoms. The summed E-state index contributed by atoms with van der Waals surface area (Å²) in [7, 11) is 0.811. The number of benzene rings is 2. The molecule has 0 aliphatic heterocycles. The first-order valence-electron chi connectivity index (χ1n) is 7.43. The van der Waals surface area contributed by atoms with Crippen molar-refractivity contribution in [3.05, 3.63) is 71.8 Å². The Labute approximate surface area is 125 Å². The lowest BCUT2D eigenvalue weighted by Crippen LogP contribution is -2.29. The van der Waals surface area contributed by atoms with E-state index in [0.29, 0.717) is 0 Å². The maximum Gasteiger partial charge on any atom is 0.145 e. The van der Waals surface area contributed by atoms with E-state index < -0.39 is 0 Å². The van der Waals surface area contributed by atoms with Crippen LogP contribution in [0.3, 0.4) is 0 Å². The monoisotopic (exact) mass is 284 g/mol. The van der Waals surface area contributed by atoms with Gasteiger partial charge in [-0.3, -0.25) is 0 Å². The average molecular weight is 284 g/mol. The van der Waals surface area contributed by atoms with Crippen molar-refractivity contribution in [3.8, 4) is 0 Å². The largest absolute Gasteiger partial charge is 0.428 e. The molecule has 2 aromatic carbocycles. The van der Waals surface area contributed by atoms with Gasteiger partial charge in [0.2, 0.25) is 0 Å². The molecule has 0 saturated heterocycles. The van der Waals surface area contributed by atoms with Crippen LogP contribution in [0, 0.1) is 0 Å². The van der Waals surface area contributed by atoms with Crippen molar-refractivity contribution in [1.29, 1.82) is 0 Å². The smallest absolute Gasteiger partial charge is 0.145 e. The highest BCUT2D eigenvalue weighted by atomic mass is 28.2. The Kier molecular flexibility index (Phi) is 5.56. The Morgan fingerprint density at radius 2 is 1.35 bits per heavy atom. The van der Waals surface area contributed by atoms with Gasteiger partial charge in [-0.1, -0.05) is 74.0 Å². The Bertz CT molecular complexity index is 456. The first-order valence-corrected chi connectivity index (χ1v) is 8.25. The molecule has 0 aliphatic carbocycles. The minimum atomic E-state index is 0.0850. The molecule has 2 heteroatoms. The van der Waals surface area contributed by atoms with Crippen LogP contribution in [0.25, 0.3) is 0 Å². The van der Waals surface area contributed by atoms with Gasteiger partial charge >= 0.3 is 0 Å². The molecule has 2 aromatic rings. The molecule has 0 N–H and O–H groups in total. The first kappa shape index (κ1) is 15.0. The maximum atomic E-state index is 5.53. The topological polar surface area (TPSA) is 9.23 Å². The van der Waals surface area contributed by atoms with Crippen LogP contribution in [-0.2, 0) is 9.84 Å². The van der Waals surface area contributed by atoms with Crippen molar-refractivity contribution in [1.82, 2.24) is 0 Å². The summed E-state index contributed by atoms with van der Waals surface area (Å²) >= 11 is 0. The highest BCUT2D eigenvalue weighted by Gasteiger charge is 2.32. The van der Waals surface area contributed by atoms with Crippen molar-refractivity contribution < 1.29 is 4.43 Å². The zero-order valence-corrected chi connectivity index (χ0v) is 14.5. The van der Waals surface area contributed by atoms with Gasteiger partial charge < -0.3 is 4.43 Å². The summed E-state index contributed by atoms with van der Waals surface area (Å²) in [6.07, 6.45) is 3.38. The quantitative estimate of drug-likeness (QED) is 0.708. The van der Waals surface area contributed by atoms with Crippen LogP contribution in [0.1, 0.15) is 37.3 Å². The molecule has 20 heavy (non-hydrogen) atoms. The molecule has 0 saturated carbocycles. The fourth-order valence-corrected chi connectivity index (χ4v) is 3.29. The van der Waals surface area contributed by atoms with E-state index in [1.807, 2.05) is 0 Å². The summed E-state index contributed by atoms with van der Waals surface area (Å²) in [5.74, 6) is 0. The third-order valence-electron chi connectivity index (χ3n) is 4.06. The van der Waals surface area contributed by atoms with Crippen LogP contribution >= 0.6 is 0 Å². The molecule has 0 heterocycles. The van der Waals surface area contributed by atoms with E-state index in [-0.39, 0.29) is 5.41 Å². The standard InChI is InChI=1S/C18H24OSi/c1-2-13-18(14-15-19-20,16-9-5-3-6-10-16)17-11-7-4-8-12-17/h3-12H,2,13-15H2,1,20H3. The van der Waals surface area contributed by atoms with E-state index in [2.05, 4.69) is 67.6 Å². The second-order valence-corrected chi connectivity index (χ2v) is 5.88. The molecule has 106 valence electrons. The van der Waals surface area contributed by atoms with Crippen molar-refractivity contribution >= 4 is 10.5 Å². The predicted molar refractivity (Wildman–Crippen MR) is 89.1 cm³/mol. The Hall–Kier alpha value is -1.38. The van der Waals surface area contributed by atoms with Crippen LogP contribution in [0.15, 0.2) is 60.7 Å². The molecule has 0 spiro atoms. The van der Waals surface area contributed by atoms with Gasteiger partial charge in [-0.05, 0) is 24.0 Å². The second-order valence-electron chi connectivity index (χ2n) is 5.31. The third-order valence-corrected chi connectivity index (χ3v) is 4.47. The van der Waals surface area contributed by atoms with Crippen LogP contribution in [-0.4, -0.2) is 17.1 Å². The first-order chi connectivity index (χ1) is 9.83. The zero-order chi connectivity index (χ0) is 14.3.